The van der Waals surface area contributed by atoms with Gasteiger partial charge in [-0.15, -0.1) is 0 Å². The Morgan fingerprint density at radius 1 is 1.42 bits per heavy atom. The summed E-state index contributed by atoms with van der Waals surface area (Å²) in [4.78, 5) is 16.5. The lowest BCUT2D eigenvalue weighted by atomic mass is 9.97. The third-order valence-corrected chi connectivity index (χ3v) is 3.45. The molecule has 0 aromatic carbocycles. The number of carbonyl (C=O) groups is 1. The summed E-state index contributed by atoms with van der Waals surface area (Å²) in [6, 6.07) is 3.21. The van der Waals surface area contributed by atoms with E-state index in [2.05, 4.69) is 4.98 Å². The number of aldehydes is 1. The average molecular weight is 272 g/mol. The molecular formula is C13H15F3N2O. The highest BCUT2D eigenvalue weighted by molar-refractivity contribution is 5.76. The minimum absolute atomic E-state index is 0.0592. The topological polar surface area (TPSA) is 33.2 Å². The highest BCUT2D eigenvalue weighted by Gasteiger charge is 2.42. The molecule has 19 heavy (non-hydrogen) atoms. The Hall–Kier alpha value is -1.59. The smallest absolute Gasteiger partial charge is 0.356 e. The van der Waals surface area contributed by atoms with Crippen LogP contribution >= 0.6 is 0 Å². The lowest BCUT2D eigenvalue weighted by molar-refractivity contribution is -0.176. The Bertz CT molecular complexity index is 473. The summed E-state index contributed by atoms with van der Waals surface area (Å²) in [6.45, 7) is 2.19. The molecule has 0 radical (unpaired) electrons. The normalized spacial score (nSPS) is 20.4. The van der Waals surface area contributed by atoms with E-state index < -0.39 is 12.1 Å². The van der Waals surface area contributed by atoms with Gasteiger partial charge in [-0.3, -0.25) is 4.79 Å². The summed E-state index contributed by atoms with van der Waals surface area (Å²) in [7, 11) is 0. The number of hydrogen-bond donors (Lipinski definition) is 0. The molecule has 1 fully saturated rings. The van der Waals surface area contributed by atoms with Crippen LogP contribution in [0.4, 0.5) is 19.0 Å². The van der Waals surface area contributed by atoms with Gasteiger partial charge in [0, 0.05) is 18.7 Å². The second-order valence-corrected chi connectivity index (χ2v) is 4.79. The number of hydrogen-bond acceptors (Lipinski definition) is 3. The summed E-state index contributed by atoms with van der Waals surface area (Å²) >= 11 is 0. The van der Waals surface area contributed by atoms with Crippen molar-refractivity contribution in [1.29, 1.82) is 0 Å². The van der Waals surface area contributed by atoms with Crippen molar-refractivity contribution in [2.75, 3.05) is 18.0 Å². The third-order valence-electron chi connectivity index (χ3n) is 3.45. The summed E-state index contributed by atoms with van der Waals surface area (Å²) in [5.41, 5.74) is 1.01. The Kier molecular flexibility index (Phi) is 3.78. The molecule has 0 N–H and O–H groups in total. The fourth-order valence-corrected chi connectivity index (χ4v) is 2.31. The SMILES string of the molecule is Cc1nc(N2CCCC(C(F)(F)F)C2)ccc1C=O. The molecule has 6 heteroatoms. The number of piperidine rings is 1. The number of aromatic nitrogens is 1. The number of alkyl halides is 3. The molecule has 0 saturated carbocycles. The number of pyridine rings is 1. The number of anilines is 1. The van der Waals surface area contributed by atoms with Crippen LogP contribution in [0.1, 0.15) is 28.9 Å². The first-order valence-electron chi connectivity index (χ1n) is 6.16. The van der Waals surface area contributed by atoms with Gasteiger partial charge in [-0.1, -0.05) is 0 Å². The van der Waals surface area contributed by atoms with E-state index in [0.717, 1.165) is 0 Å². The van der Waals surface area contributed by atoms with Crippen LogP contribution < -0.4 is 4.90 Å². The van der Waals surface area contributed by atoms with Crippen molar-refractivity contribution in [2.24, 2.45) is 5.92 Å². The van der Waals surface area contributed by atoms with E-state index in [9.17, 15) is 18.0 Å². The minimum Gasteiger partial charge on any atom is -0.356 e. The Balaban J connectivity index is 2.17. The van der Waals surface area contributed by atoms with Crippen LogP contribution in [0.15, 0.2) is 12.1 Å². The second-order valence-electron chi connectivity index (χ2n) is 4.79. The first-order chi connectivity index (χ1) is 8.91. The van der Waals surface area contributed by atoms with Gasteiger partial charge >= 0.3 is 6.18 Å². The van der Waals surface area contributed by atoms with Gasteiger partial charge in [-0.05, 0) is 31.9 Å². The molecule has 2 heterocycles. The summed E-state index contributed by atoms with van der Waals surface area (Å²) < 4.78 is 38.2. The van der Waals surface area contributed by atoms with Gasteiger partial charge in [-0.25, -0.2) is 4.98 Å². The Labute approximate surface area is 109 Å². The average Bonchev–Trinajstić information content (AvgIpc) is 2.38. The maximum Gasteiger partial charge on any atom is 0.393 e. The van der Waals surface area contributed by atoms with Crippen molar-refractivity contribution < 1.29 is 18.0 Å². The monoisotopic (exact) mass is 272 g/mol. The van der Waals surface area contributed by atoms with Crippen molar-refractivity contribution in [3.63, 3.8) is 0 Å². The van der Waals surface area contributed by atoms with Crippen LogP contribution in [0.3, 0.4) is 0 Å². The third kappa shape index (κ3) is 3.05. The van der Waals surface area contributed by atoms with Crippen molar-refractivity contribution in [3.8, 4) is 0 Å². The lowest BCUT2D eigenvalue weighted by Gasteiger charge is -2.34. The molecule has 1 aliphatic heterocycles. The quantitative estimate of drug-likeness (QED) is 0.776. The fourth-order valence-electron chi connectivity index (χ4n) is 2.31. The van der Waals surface area contributed by atoms with E-state index >= 15 is 0 Å². The molecule has 104 valence electrons. The number of rotatable bonds is 2. The fraction of sp³-hybridized carbons (Fsp3) is 0.538. The van der Waals surface area contributed by atoms with E-state index in [1.807, 2.05) is 0 Å². The Morgan fingerprint density at radius 2 is 2.16 bits per heavy atom. The van der Waals surface area contributed by atoms with Gasteiger partial charge in [0.05, 0.1) is 11.6 Å². The van der Waals surface area contributed by atoms with E-state index in [1.165, 1.54) is 0 Å². The van der Waals surface area contributed by atoms with Gasteiger partial charge in [-0.2, -0.15) is 13.2 Å². The molecule has 1 unspecified atom stereocenters. The van der Waals surface area contributed by atoms with Gasteiger partial charge in [0.2, 0.25) is 0 Å². The zero-order valence-electron chi connectivity index (χ0n) is 10.6. The van der Waals surface area contributed by atoms with Gasteiger partial charge in [0.1, 0.15) is 5.82 Å². The molecule has 1 atom stereocenters. The molecule has 3 nitrogen and oxygen atoms in total. The second kappa shape index (κ2) is 5.19. The van der Waals surface area contributed by atoms with Crippen molar-refractivity contribution in [2.45, 2.75) is 25.9 Å². The summed E-state index contributed by atoms with van der Waals surface area (Å²) in [5.74, 6) is -0.786. The molecule has 0 spiro atoms. The maximum absolute atomic E-state index is 12.7. The van der Waals surface area contributed by atoms with Crippen LogP contribution in [0.5, 0.6) is 0 Å². The molecule has 1 aliphatic rings. The van der Waals surface area contributed by atoms with E-state index in [4.69, 9.17) is 0 Å². The van der Waals surface area contributed by atoms with Gasteiger partial charge < -0.3 is 4.90 Å². The highest BCUT2D eigenvalue weighted by atomic mass is 19.4. The maximum atomic E-state index is 12.7. The lowest BCUT2D eigenvalue weighted by Crippen LogP contribution is -2.42. The van der Waals surface area contributed by atoms with Crippen LogP contribution in [-0.4, -0.2) is 30.5 Å². The number of nitrogens with zero attached hydrogens (tertiary/aromatic N) is 2. The molecule has 0 amide bonds. The number of aryl methyl sites for hydroxylation is 1. The first kappa shape index (κ1) is 13.8. The van der Waals surface area contributed by atoms with Crippen molar-refractivity contribution in [3.05, 3.63) is 23.4 Å². The number of carbonyl (C=O) groups excluding carboxylic acids is 1. The van der Waals surface area contributed by atoms with Gasteiger partial charge in [0.25, 0.3) is 0 Å². The first-order valence-corrected chi connectivity index (χ1v) is 6.16. The molecule has 1 aromatic heterocycles. The van der Waals surface area contributed by atoms with Gasteiger partial charge in [0.15, 0.2) is 6.29 Å². The number of halogens is 3. The van der Waals surface area contributed by atoms with Crippen molar-refractivity contribution in [1.82, 2.24) is 4.98 Å². The Morgan fingerprint density at radius 3 is 2.74 bits per heavy atom. The largest absolute Gasteiger partial charge is 0.393 e. The summed E-state index contributed by atoms with van der Waals surface area (Å²) in [5, 5.41) is 0. The summed E-state index contributed by atoms with van der Waals surface area (Å²) in [6.07, 6.45) is -2.79. The van der Waals surface area contributed by atoms with Crippen LogP contribution in [0, 0.1) is 12.8 Å². The minimum atomic E-state index is -4.16. The molecule has 1 aromatic rings. The molecule has 0 aliphatic carbocycles. The molecular weight excluding hydrogens is 257 g/mol. The zero-order chi connectivity index (χ0) is 14.0. The van der Waals surface area contributed by atoms with E-state index in [0.29, 0.717) is 36.3 Å². The predicted octanol–water partition coefficient (Wildman–Crippen LogP) is 2.98. The molecule has 2 rings (SSSR count). The zero-order valence-corrected chi connectivity index (χ0v) is 10.6. The van der Waals surface area contributed by atoms with Crippen molar-refractivity contribution >= 4 is 12.1 Å². The van der Waals surface area contributed by atoms with Crippen LogP contribution in [0.2, 0.25) is 0 Å². The van der Waals surface area contributed by atoms with Crippen LogP contribution in [-0.2, 0) is 0 Å². The van der Waals surface area contributed by atoms with Crippen LogP contribution in [0.25, 0.3) is 0 Å². The van der Waals surface area contributed by atoms with E-state index in [1.54, 1.807) is 24.0 Å². The highest BCUT2D eigenvalue weighted by Crippen LogP contribution is 2.34. The standard InChI is InChI=1S/C13H15F3N2O/c1-9-10(8-19)4-5-12(17-9)18-6-2-3-11(7-18)13(14,15)16/h4-5,8,11H,2-3,6-7H2,1H3. The molecule has 1 saturated heterocycles. The predicted molar refractivity (Wildman–Crippen MR) is 65.4 cm³/mol. The van der Waals surface area contributed by atoms with E-state index in [-0.39, 0.29) is 13.0 Å². The molecule has 0 bridgehead atoms.